The second-order valence-corrected chi connectivity index (χ2v) is 5.57. The Bertz CT molecular complexity index is 387. The third-order valence-electron chi connectivity index (χ3n) is 3.56. The highest BCUT2D eigenvalue weighted by Gasteiger charge is 2.43. The number of aliphatic hydroxyl groups excluding tert-OH is 1. The fraction of sp³-hybridized carbons (Fsp3) is 0.636. The summed E-state index contributed by atoms with van der Waals surface area (Å²) in [5.74, 6) is 0. The van der Waals surface area contributed by atoms with Crippen molar-refractivity contribution in [2.24, 2.45) is 0 Å². The van der Waals surface area contributed by atoms with Gasteiger partial charge in [0.15, 0.2) is 14.3 Å². The van der Waals surface area contributed by atoms with E-state index in [4.69, 9.17) is 12.7 Å². The van der Waals surface area contributed by atoms with Crippen LogP contribution < -0.4 is 0 Å². The van der Waals surface area contributed by atoms with E-state index in [-0.39, 0.29) is 5.60 Å². The molecule has 0 aromatic carbocycles. The molecule has 3 nitrogen and oxygen atoms in total. The summed E-state index contributed by atoms with van der Waals surface area (Å²) in [5.41, 5.74) is 0.985. The zero-order valence-corrected chi connectivity index (χ0v) is 9.87. The molecule has 2 aliphatic rings. The van der Waals surface area contributed by atoms with Gasteiger partial charge in [0.2, 0.25) is 0 Å². The summed E-state index contributed by atoms with van der Waals surface area (Å²) in [5, 5.41) is 11.9. The molecule has 1 atom stereocenters. The van der Waals surface area contributed by atoms with Crippen LogP contribution in [0.2, 0.25) is 0 Å². The number of ether oxygens (including phenoxy) is 1. The minimum Gasteiger partial charge on any atom is -0.368 e. The van der Waals surface area contributed by atoms with Gasteiger partial charge in [-0.25, -0.2) is 0 Å². The predicted octanol–water partition coefficient (Wildman–Crippen LogP) is 1.01. The lowest BCUT2D eigenvalue weighted by atomic mass is 9.81. The summed E-state index contributed by atoms with van der Waals surface area (Å²) in [6, 6.07) is 2.14. The number of aliphatic hydroxyl groups is 1. The van der Waals surface area contributed by atoms with Crippen molar-refractivity contribution in [1.82, 2.24) is 4.81 Å². The molecule has 2 radical (unpaired) electrons. The smallest absolute Gasteiger partial charge is 0.182 e. The van der Waals surface area contributed by atoms with Crippen molar-refractivity contribution in [3.8, 4) is 0 Å². The Kier molecular flexibility index (Phi) is 2.59. The Labute approximate surface area is 100 Å². The first-order valence-electron chi connectivity index (χ1n) is 5.62. The SMILES string of the molecule is [B]N1CCC2(CC1)OC(O)Cc1sccc12. The quantitative estimate of drug-likeness (QED) is 0.681. The highest BCUT2D eigenvalue weighted by atomic mass is 32.1. The monoisotopic (exact) mass is 235 g/mol. The number of hydrogen-bond acceptors (Lipinski definition) is 4. The van der Waals surface area contributed by atoms with E-state index in [9.17, 15) is 5.11 Å². The van der Waals surface area contributed by atoms with Crippen molar-refractivity contribution in [3.63, 3.8) is 0 Å². The van der Waals surface area contributed by atoms with E-state index in [0.29, 0.717) is 6.42 Å². The van der Waals surface area contributed by atoms with Gasteiger partial charge in [0.05, 0.1) is 5.60 Å². The topological polar surface area (TPSA) is 32.7 Å². The van der Waals surface area contributed by atoms with Crippen LogP contribution in [0.1, 0.15) is 23.3 Å². The molecular formula is C11H14BNO2S. The average molecular weight is 235 g/mol. The summed E-state index contributed by atoms with van der Waals surface area (Å²) in [4.78, 5) is 3.09. The number of fused-ring (bicyclic) bond motifs is 2. The maximum absolute atomic E-state index is 9.80. The Hall–Kier alpha value is -0.355. The van der Waals surface area contributed by atoms with Crippen molar-refractivity contribution in [3.05, 3.63) is 21.9 Å². The van der Waals surface area contributed by atoms with Crippen LogP contribution in [-0.2, 0) is 16.8 Å². The van der Waals surface area contributed by atoms with E-state index < -0.39 is 6.29 Å². The van der Waals surface area contributed by atoms with Gasteiger partial charge >= 0.3 is 0 Å². The van der Waals surface area contributed by atoms with E-state index in [2.05, 4.69) is 11.4 Å². The van der Waals surface area contributed by atoms with Crippen molar-refractivity contribution in [1.29, 1.82) is 0 Å². The molecule has 0 saturated carbocycles. The summed E-state index contributed by atoms with van der Waals surface area (Å²) in [6.07, 6.45) is 1.70. The van der Waals surface area contributed by atoms with Crippen LogP contribution in [0.3, 0.4) is 0 Å². The molecule has 1 saturated heterocycles. The van der Waals surface area contributed by atoms with Gasteiger partial charge in [-0.3, -0.25) is 0 Å². The molecule has 3 rings (SSSR count). The molecule has 1 spiro atoms. The van der Waals surface area contributed by atoms with E-state index in [0.717, 1.165) is 25.9 Å². The Balaban J connectivity index is 1.96. The first kappa shape index (κ1) is 10.8. The molecule has 1 aromatic rings. The predicted molar refractivity (Wildman–Crippen MR) is 63.4 cm³/mol. The van der Waals surface area contributed by atoms with Crippen LogP contribution in [0.4, 0.5) is 0 Å². The molecule has 0 bridgehead atoms. The molecule has 0 aliphatic carbocycles. The standard InChI is InChI=1S/C11H14BNO2S/c12-13-4-2-11(3-5-13)8-1-6-16-9(8)7-10(14)15-11/h1,6,10,14H,2-5,7H2. The lowest BCUT2D eigenvalue weighted by Gasteiger charge is -2.44. The number of nitrogens with zero attached hydrogens (tertiary/aromatic N) is 1. The summed E-state index contributed by atoms with van der Waals surface area (Å²) >= 11 is 1.71. The number of rotatable bonds is 0. The van der Waals surface area contributed by atoms with Gasteiger partial charge < -0.3 is 14.7 Å². The van der Waals surface area contributed by atoms with Crippen molar-refractivity contribution >= 4 is 19.3 Å². The summed E-state index contributed by atoms with van der Waals surface area (Å²) in [7, 11) is 5.77. The molecule has 2 aliphatic heterocycles. The third kappa shape index (κ3) is 1.62. The van der Waals surface area contributed by atoms with E-state index >= 15 is 0 Å². The number of hydrogen-bond donors (Lipinski definition) is 1. The average Bonchev–Trinajstić information content (AvgIpc) is 2.71. The molecule has 5 heteroatoms. The van der Waals surface area contributed by atoms with Gasteiger partial charge in [-0.1, -0.05) is 0 Å². The number of piperidine rings is 1. The van der Waals surface area contributed by atoms with Gasteiger partial charge in [0.25, 0.3) is 0 Å². The van der Waals surface area contributed by atoms with Gasteiger partial charge in [0, 0.05) is 11.3 Å². The Morgan fingerprint density at radius 2 is 2.25 bits per heavy atom. The van der Waals surface area contributed by atoms with Crippen molar-refractivity contribution in [2.75, 3.05) is 13.1 Å². The zero-order chi connectivity index (χ0) is 11.2. The van der Waals surface area contributed by atoms with Crippen LogP contribution in [0, 0.1) is 0 Å². The van der Waals surface area contributed by atoms with Crippen LogP contribution in [0.15, 0.2) is 11.4 Å². The first-order chi connectivity index (χ1) is 7.70. The van der Waals surface area contributed by atoms with Crippen molar-refractivity contribution in [2.45, 2.75) is 31.2 Å². The Morgan fingerprint density at radius 1 is 1.50 bits per heavy atom. The van der Waals surface area contributed by atoms with E-state index in [1.807, 2.05) is 4.81 Å². The summed E-state index contributed by atoms with van der Waals surface area (Å²) in [6.45, 7) is 1.64. The van der Waals surface area contributed by atoms with E-state index in [1.165, 1.54) is 10.4 Å². The summed E-state index contributed by atoms with van der Waals surface area (Å²) < 4.78 is 5.83. The molecule has 1 fully saturated rings. The highest BCUT2D eigenvalue weighted by Crippen LogP contribution is 2.44. The van der Waals surface area contributed by atoms with Gasteiger partial charge in [0.1, 0.15) is 0 Å². The molecule has 1 aromatic heterocycles. The van der Waals surface area contributed by atoms with Crippen LogP contribution in [0.25, 0.3) is 0 Å². The highest BCUT2D eigenvalue weighted by molar-refractivity contribution is 7.10. The second kappa shape index (κ2) is 3.84. The largest absolute Gasteiger partial charge is 0.368 e. The third-order valence-corrected chi connectivity index (χ3v) is 4.51. The van der Waals surface area contributed by atoms with E-state index in [1.54, 1.807) is 11.3 Å². The lowest BCUT2D eigenvalue weighted by molar-refractivity contribution is -0.211. The van der Waals surface area contributed by atoms with Gasteiger partial charge in [-0.2, -0.15) is 0 Å². The van der Waals surface area contributed by atoms with Crippen LogP contribution in [0.5, 0.6) is 0 Å². The maximum atomic E-state index is 9.80. The molecule has 1 N–H and O–H groups in total. The van der Waals surface area contributed by atoms with Crippen LogP contribution >= 0.6 is 11.3 Å². The van der Waals surface area contributed by atoms with Crippen molar-refractivity contribution < 1.29 is 9.84 Å². The maximum Gasteiger partial charge on any atom is 0.182 e. The molecule has 3 heterocycles. The fourth-order valence-corrected chi connectivity index (χ4v) is 3.69. The molecule has 1 unspecified atom stereocenters. The first-order valence-corrected chi connectivity index (χ1v) is 6.50. The minimum atomic E-state index is -0.657. The van der Waals surface area contributed by atoms with Crippen LogP contribution in [-0.4, -0.2) is 37.3 Å². The van der Waals surface area contributed by atoms with Gasteiger partial charge in [-0.15, -0.1) is 11.3 Å². The normalized spacial score (nSPS) is 29.2. The Morgan fingerprint density at radius 3 is 3.00 bits per heavy atom. The zero-order valence-electron chi connectivity index (χ0n) is 9.06. The molecule has 16 heavy (non-hydrogen) atoms. The minimum absolute atomic E-state index is 0.289. The lowest BCUT2D eigenvalue weighted by Crippen LogP contribution is -2.47. The molecule has 0 amide bonds. The van der Waals surface area contributed by atoms with Gasteiger partial charge in [-0.05, 0) is 42.9 Å². The molecule has 84 valence electrons. The molecular weight excluding hydrogens is 221 g/mol. The number of thiophene rings is 1. The second-order valence-electron chi connectivity index (χ2n) is 4.56. The fourth-order valence-electron chi connectivity index (χ4n) is 2.70.